The van der Waals surface area contributed by atoms with Crippen LogP contribution < -0.4 is 5.73 Å². The van der Waals surface area contributed by atoms with Gasteiger partial charge in [0, 0.05) is 6.20 Å². The van der Waals surface area contributed by atoms with E-state index in [0.29, 0.717) is 5.82 Å². The fourth-order valence-corrected chi connectivity index (χ4v) is 0.960. The van der Waals surface area contributed by atoms with Gasteiger partial charge < -0.3 is 10.8 Å². The second kappa shape index (κ2) is 2.74. The SMILES string of the molecule is Nc1nc(O)nn1-c1ccccn1. The van der Waals surface area contributed by atoms with Crippen LogP contribution in [0.5, 0.6) is 6.01 Å². The van der Waals surface area contributed by atoms with Gasteiger partial charge in [-0.1, -0.05) is 6.07 Å². The van der Waals surface area contributed by atoms with E-state index >= 15 is 0 Å². The second-order valence-corrected chi connectivity index (χ2v) is 2.37. The quantitative estimate of drug-likeness (QED) is 0.637. The normalized spacial score (nSPS) is 10.2. The summed E-state index contributed by atoms with van der Waals surface area (Å²) in [4.78, 5) is 7.53. The summed E-state index contributed by atoms with van der Waals surface area (Å²) >= 11 is 0. The van der Waals surface area contributed by atoms with Crippen molar-refractivity contribution >= 4 is 5.95 Å². The van der Waals surface area contributed by atoms with Crippen LogP contribution in [-0.2, 0) is 0 Å². The Morgan fingerprint density at radius 2 is 2.23 bits per heavy atom. The molecule has 2 heterocycles. The highest BCUT2D eigenvalue weighted by Gasteiger charge is 2.06. The first kappa shape index (κ1) is 7.53. The van der Waals surface area contributed by atoms with Gasteiger partial charge in [-0.05, 0) is 12.1 Å². The minimum Gasteiger partial charge on any atom is -0.478 e. The molecule has 0 aromatic carbocycles. The van der Waals surface area contributed by atoms with Gasteiger partial charge in [0.05, 0.1) is 0 Å². The topological polar surface area (TPSA) is 89.9 Å². The van der Waals surface area contributed by atoms with E-state index in [4.69, 9.17) is 10.8 Å². The van der Waals surface area contributed by atoms with Crippen molar-refractivity contribution in [2.75, 3.05) is 5.73 Å². The molecule has 0 amide bonds. The van der Waals surface area contributed by atoms with Crippen LogP contribution in [0.2, 0.25) is 0 Å². The zero-order chi connectivity index (χ0) is 9.26. The Labute approximate surface area is 73.7 Å². The highest BCUT2D eigenvalue weighted by Crippen LogP contribution is 2.10. The minimum atomic E-state index is -0.358. The average molecular weight is 177 g/mol. The number of aromatic hydroxyl groups is 1. The predicted molar refractivity (Wildman–Crippen MR) is 45.2 cm³/mol. The molecular weight excluding hydrogens is 170 g/mol. The molecule has 2 rings (SSSR count). The van der Waals surface area contributed by atoms with E-state index in [1.807, 2.05) is 0 Å². The number of rotatable bonds is 1. The third-order valence-corrected chi connectivity index (χ3v) is 1.49. The molecule has 6 nitrogen and oxygen atoms in total. The molecule has 0 fully saturated rings. The summed E-state index contributed by atoms with van der Waals surface area (Å²) in [6.45, 7) is 0. The van der Waals surface area contributed by atoms with Crippen LogP contribution in [0.3, 0.4) is 0 Å². The molecule has 0 aliphatic carbocycles. The van der Waals surface area contributed by atoms with Gasteiger partial charge in [0.2, 0.25) is 5.95 Å². The molecular formula is C7H7N5O. The van der Waals surface area contributed by atoms with Crippen LogP contribution in [0.1, 0.15) is 0 Å². The second-order valence-electron chi connectivity index (χ2n) is 2.37. The fraction of sp³-hybridized carbons (Fsp3) is 0. The summed E-state index contributed by atoms with van der Waals surface area (Å²) in [6, 6.07) is 4.92. The molecule has 0 aliphatic rings. The van der Waals surface area contributed by atoms with E-state index in [1.165, 1.54) is 4.68 Å². The molecule has 0 radical (unpaired) electrons. The fourth-order valence-electron chi connectivity index (χ4n) is 0.960. The lowest BCUT2D eigenvalue weighted by atomic mass is 10.5. The Kier molecular flexibility index (Phi) is 1.59. The Bertz CT molecular complexity index is 410. The maximum Gasteiger partial charge on any atom is 0.335 e. The molecule has 0 saturated carbocycles. The van der Waals surface area contributed by atoms with Crippen molar-refractivity contribution in [2.45, 2.75) is 0 Å². The molecule has 2 aromatic heterocycles. The summed E-state index contributed by atoms with van der Waals surface area (Å²) in [5, 5.41) is 12.6. The lowest BCUT2D eigenvalue weighted by molar-refractivity contribution is 0.430. The average Bonchev–Trinajstić information content (AvgIpc) is 2.47. The van der Waals surface area contributed by atoms with Gasteiger partial charge in [-0.15, -0.1) is 5.10 Å². The van der Waals surface area contributed by atoms with Crippen LogP contribution >= 0.6 is 0 Å². The van der Waals surface area contributed by atoms with Gasteiger partial charge in [-0.3, -0.25) is 0 Å². The van der Waals surface area contributed by atoms with Crippen molar-refractivity contribution in [1.82, 2.24) is 19.7 Å². The summed E-state index contributed by atoms with van der Waals surface area (Å²) in [7, 11) is 0. The van der Waals surface area contributed by atoms with E-state index in [2.05, 4.69) is 15.1 Å². The zero-order valence-corrected chi connectivity index (χ0v) is 6.62. The van der Waals surface area contributed by atoms with E-state index in [-0.39, 0.29) is 12.0 Å². The van der Waals surface area contributed by atoms with Gasteiger partial charge in [-0.2, -0.15) is 9.67 Å². The zero-order valence-electron chi connectivity index (χ0n) is 6.62. The first-order valence-electron chi connectivity index (χ1n) is 3.60. The van der Waals surface area contributed by atoms with E-state index in [1.54, 1.807) is 24.4 Å². The summed E-state index contributed by atoms with van der Waals surface area (Å²) in [5.41, 5.74) is 5.46. The number of nitrogens with zero attached hydrogens (tertiary/aromatic N) is 4. The van der Waals surface area contributed by atoms with E-state index in [0.717, 1.165) is 0 Å². The third-order valence-electron chi connectivity index (χ3n) is 1.49. The molecule has 0 aliphatic heterocycles. The van der Waals surface area contributed by atoms with Crippen molar-refractivity contribution in [3.05, 3.63) is 24.4 Å². The van der Waals surface area contributed by atoms with Crippen LogP contribution in [0.25, 0.3) is 5.82 Å². The van der Waals surface area contributed by atoms with Crippen LogP contribution in [0, 0.1) is 0 Å². The summed E-state index contributed by atoms with van der Waals surface area (Å²) in [6.07, 6.45) is 1.60. The third kappa shape index (κ3) is 1.28. The van der Waals surface area contributed by atoms with Crippen molar-refractivity contribution in [3.8, 4) is 11.8 Å². The summed E-state index contributed by atoms with van der Waals surface area (Å²) in [5.74, 6) is 0.629. The lowest BCUT2D eigenvalue weighted by Crippen LogP contribution is -2.03. The van der Waals surface area contributed by atoms with Crippen LogP contribution in [0.15, 0.2) is 24.4 Å². The molecule has 0 unspecified atom stereocenters. The van der Waals surface area contributed by atoms with Crippen molar-refractivity contribution < 1.29 is 5.11 Å². The number of pyridine rings is 1. The molecule has 2 aromatic rings. The molecule has 6 heteroatoms. The molecule has 0 bridgehead atoms. The van der Waals surface area contributed by atoms with Gasteiger partial charge in [-0.25, -0.2) is 4.98 Å². The molecule has 66 valence electrons. The minimum absolute atomic E-state index is 0.108. The standard InChI is InChI=1S/C7H7N5O/c8-6-10-7(13)11-12(6)5-3-1-2-4-9-5/h1-4H,(H3,8,10,11,13). The molecule has 0 spiro atoms. The Hall–Kier alpha value is -2.11. The van der Waals surface area contributed by atoms with Gasteiger partial charge >= 0.3 is 6.01 Å². The predicted octanol–water partition coefficient (Wildman–Crippen LogP) is -0.0499. The van der Waals surface area contributed by atoms with Gasteiger partial charge in [0.1, 0.15) is 0 Å². The highest BCUT2D eigenvalue weighted by atomic mass is 16.3. The smallest absolute Gasteiger partial charge is 0.335 e. The Balaban J connectivity index is 2.53. The maximum absolute atomic E-state index is 8.94. The number of aromatic nitrogens is 4. The first-order chi connectivity index (χ1) is 6.27. The Morgan fingerprint density at radius 1 is 1.38 bits per heavy atom. The molecule has 13 heavy (non-hydrogen) atoms. The lowest BCUT2D eigenvalue weighted by Gasteiger charge is -1.98. The molecule has 0 saturated heterocycles. The van der Waals surface area contributed by atoms with Crippen molar-refractivity contribution in [2.24, 2.45) is 0 Å². The van der Waals surface area contributed by atoms with Crippen LogP contribution in [-0.4, -0.2) is 24.9 Å². The Morgan fingerprint density at radius 3 is 2.77 bits per heavy atom. The number of nitrogen functional groups attached to an aromatic ring is 1. The van der Waals surface area contributed by atoms with Gasteiger partial charge in [0.25, 0.3) is 0 Å². The summed E-state index contributed by atoms with van der Waals surface area (Å²) < 4.78 is 1.26. The number of hydrogen-bond acceptors (Lipinski definition) is 5. The van der Waals surface area contributed by atoms with E-state index in [9.17, 15) is 0 Å². The molecule has 0 atom stereocenters. The maximum atomic E-state index is 8.94. The van der Waals surface area contributed by atoms with E-state index < -0.39 is 0 Å². The largest absolute Gasteiger partial charge is 0.478 e. The molecule has 3 N–H and O–H groups in total. The number of hydrogen-bond donors (Lipinski definition) is 2. The number of anilines is 1. The van der Waals surface area contributed by atoms with Crippen molar-refractivity contribution in [3.63, 3.8) is 0 Å². The van der Waals surface area contributed by atoms with Gasteiger partial charge in [0.15, 0.2) is 5.82 Å². The first-order valence-corrected chi connectivity index (χ1v) is 3.60. The number of nitrogens with two attached hydrogens (primary N) is 1. The highest BCUT2D eigenvalue weighted by molar-refractivity contribution is 5.31. The van der Waals surface area contributed by atoms with Crippen molar-refractivity contribution in [1.29, 1.82) is 0 Å². The van der Waals surface area contributed by atoms with Crippen LogP contribution in [0.4, 0.5) is 5.95 Å². The monoisotopic (exact) mass is 177 g/mol.